The van der Waals surface area contributed by atoms with Gasteiger partial charge in [-0.2, -0.15) is 10.2 Å². The van der Waals surface area contributed by atoms with Crippen molar-refractivity contribution in [3.63, 3.8) is 0 Å². The van der Waals surface area contributed by atoms with E-state index >= 15 is 0 Å². The molecule has 6 nitrogen and oxygen atoms in total. The topological polar surface area (TPSA) is 65.1 Å². The summed E-state index contributed by atoms with van der Waals surface area (Å²) in [4.78, 5) is 0. The highest BCUT2D eigenvalue weighted by Crippen LogP contribution is 2.29. The molecule has 17 heavy (non-hydrogen) atoms. The van der Waals surface area contributed by atoms with Gasteiger partial charge in [-0.1, -0.05) is 0 Å². The summed E-state index contributed by atoms with van der Waals surface area (Å²) >= 11 is 0. The molecule has 0 spiro atoms. The fraction of sp³-hybridized carbons (Fsp3) is 0.455. The molecule has 0 bridgehead atoms. The number of ether oxygens (including phenoxy) is 1. The van der Waals surface area contributed by atoms with E-state index in [-0.39, 0.29) is 0 Å². The maximum Gasteiger partial charge on any atom is 0.163 e. The summed E-state index contributed by atoms with van der Waals surface area (Å²) in [7, 11) is 3.38. The molecule has 1 unspecified atom stereocenters. The van der Waals surface area contributed by atoms with Gasteiger partial charge in [-0.15, -0.1) is 0 Å². The van der Waals surface area contributed by atoms with Crippen LogP contribution in [0.4, 0.5) is 0 Å². The second kappa shape index (κ2) is 4.58. The lowest BCUT2D eigenvalue weighted by molar-refractivity contribution is 0.202. The molecule has 0 aliphatic heterocycles. The number of hydrogen-bond acceptors (Lipinski definition) is 4. The summed E-state index contributed by atoms with van der Waals surface area (Å²) in [5, 5.41) is 18.5. The molecule has 0 aliphatic carbocycles. The highest BCUT2D eigenvalue weighted by Gasteiger charge is 2.21. The first-order valence-corrected chi connectivity index (χ1v) is 5.43. The van der Waals surface area contributed by atoms with Gasteiger partial charge in [0.1, 0.15) is 11.8 Å². The number of aliphatic hydroxyl groups is 1. The Morgan fingerprint density at radius 2 is 2.18 bits per heavy atom. The first-order valence-electron chi connectivity index (χ1n) is 5.43. The molecule has 92 valence electrons. The van der Waals surface area contributed by atoms with Crippen molar-refractivity contribution in [1.82, 2.24) is 19.6 Å². The Hall–Kier alpha value is -1.82. The Morgan fingerprint density at radius 3 is 2.71 bits per heavy atom. The van der Waals surface area contributed by atoms with Crippen molar-refractivity contribution < 1.29 is 9.84 Å². The van der Waals surface area contributed by atoms with Crippen LogP contribution in [-0.2, 0) is 13.6 Å². The monoisotopic (exact) mass is 236 g/mol. The smallest absolute Gasteiger partial charge is 0.163 e. The van der Waals surface area contributed by atoms with Crippen LogP contribution in [0.1, 0.15) is 24.3 Å². The first-order chi connectivity index (χ1) is 8.17. The van der Waals surface area contributed by atoms with E-state index in [9.17, 15) is 5.11 Å². The molecule has 0 aliphatic rings. The predicted octanol–water partition coefficient (Wildman–Crippen LogP) is 0.727. The van der Waals surface area contributed by atoms with Gasteiger partial charge in [0.2, 0.25) is 0 Å². The van der Waals surface area contributed by atoms with E-state index in [4.69, 9.17) is 4.74 Å². The van der Waals surface area contributed by atoms with Crippen molar-refractivity contribution in [1.29, 1.82) is 0 Å². The van der Waals surface area contributed by atoms with E-state index in [1.54, 1.807) is 35.1 Å². The van der Waals surface area contributed by atoms with Crippen LogP contribution in [0.2, 0.25) is 0 Å². The van der Waals surface area contributed by atoms with Crippen LogP contribution >= 0.6 is 0 Å². The van der Waals surface area contributed by atoms with E-state index in [0.29, 0.717) is 18.0 Å². The van der Waals surface area contributed by atoms with E-state index in [0.717, 1.165) is 5.56 Å². The number of aromatic nitrogens is 4. The second-order valence-electron chi connectivity index (χ2n) is 3.76. The highest BCUT2D eigenvalue weighted by molar-refractivity contribution is 5.33. The van der Waals surface area contributed by atoms with Gasteiger partial charge < -0.3 is 9.84 Å². The summed E-state index contributed by atoms with van der Waals surface area (Å²) in [5.41, 5.74) is 1.38. The zero-order valence-electron chi connectivity index (χ0n) is 10.2. The lowest BCUT2D eigenvalue weighted by atomic mass is 10.1. The third-order valence-electron chi connectivity index (χ3n) is 2.66. The summed E-state index contributed by atoms with van der Waals surface area (Å²) in [6, 6.07) is 0. The second-order valence-corrected chi connectivity index (χ2v) is 3.76. The van der Waals surface area contributed by atoms with Gasteiger partial charge in [0.05, 0.1) is 19.5 Å². The van der Waals surface area contributed by atoms with E-state index in [1.807, 2.05) is 14.0 Å². The highest BCUT2D eigenvalue weighted by atomic mass is 16.5. The number of aryl methyl sites for hydroxylation is 2. The number of rotatable bonds is 4. The van der Waals surface area contributed by atoms with Gasteiger partial charge >= 0.3 is 0 Å². The number of aliphatic hydroxyl groups excluding tert-OH is 1. The third-order valence-corrected chi connectivity index (χ3v) is 2.66. The molecular formula is C11H16N4O2. The molecule has 0 radical (unpaired) electrons. The van der Waals surface area contributed by atoms with Crippen LogP contribution in [0.15, 0.2) is 18.6 Å². The Balaban J connectivity index is 2.41. The standard InChI is InChI=1S/C11H16N4O2/c1-4-15-10(9(17-3)6-13-15)11(16)8-5-12-14(2)7-8/h5-7,11,16H,4H2,1-3H3. The fourth-order valence-corrected chi connectivity index (χ4v) is 1.80. The minimum absolute atomic E-state index is 0.586. The van der Waals surface area contributed by atoms with Gasteiger partial charge in [-0.25, -0.2) is 0 Å². The van der Waals surface area contributed by atoms with Crippen molar-refractivity contribution >= 4 is 0 Å². The first kappa shape index (κ1) is 11.7. The normalized spacial score (nSPS) is 12.7. The molecule has 2 rings (SSSR count). The summed E-state index contributed by atoms with van der Waals surface area (Å²) in [6.45, 7) is 2.64. The van der Waals surface area contributed by atoms with Gasteiger partial charge in [-0.05, 0) is 6.92 Å². The van der Waals surface area contributed by atoms with Crippen LogP contribution in [0, 0.1) is 0 Å². The van der Waals surface area contributed by atoms with E-state index < -0.39 is 6.10 Å². The minimum Gasteiger partial charge on any atom is -0.493 e. The fourth-order valence-electron chi connectivity index (χ4n) is 1.80. The van der Waals surface area contributed by atoms with Gasteiger partial charge in [0.25, 0.3) is 0 Å². The molecule has 1 N–H and O–H groups in total. The van der Waals surface area contributed by atoms with Gasteiger partial charge in [0.15, 0.2) is 5.75 Å². The Bertz CT molecular complexity index is 482. The lowest BCUT2D eigenvalue weighted by Gasteiger charge is -2.12. The zero-order valence-corrected chi connectivity index (χ0v) is 10.2. The van der Waals surface area contributed by atoms with Crippen LogP contribution < -0.4 is 4.74 Å². The SMILES string of the molecule is CCn1ncc(OC)c1C(O)c1cnn(C)c1. The van der Waals surface area contributed by atoms with Crippen LogP contribution in [0.25, 0.3) is 0 Å². The average Bonchev–Trinajstić information content (AvgIpc) is 2.93. The summed E-state index contributed by atoms with van der Waals surface area (Å²) in [6.07, 6.45) is 4.24. The maximum absolute atomic E-state index is 10.3. The molecule has 2 aromatic rings. The summed E-state index contributed by atoms with van der Waals surface area (Å²) in [5.74, 6) is 0.586. The molecule has 2 aromatic heterocycles. The molecule has 6 heteroatoms. The van der Waals surface area contributed by atoms with Crippen molar-refractivity contribution in [2.45, 2.75) is 19.6 Å². The third kappa shape index (κ3) is 2.03. The largest absolute Gasteiger partial charge is 0.493 e. The van der Waals surface area contributed by atoms with Crippen molar-refractivity contribution in [3.05, 3.63) is 29.8 Å². The Morgan fingerprint density at radius 1 is 1.41 bits per heavy atom. The van der Waals surface area contributed by atoms with Gasteiger partial charge in [0, 0.05) is 25.4 Å². The number of hydrogen-bond donors (Lipinski definition) is 1. The van der Waals surface area contributed by atoms with Crippen molar-refractivity contribution in [2.24, 2.45) is 7.05 Å². The number of nitrogens with zero attached hydrogens (tertiary/aromatic N) is 4. The molecule has 0 aromatic carbocycles. The zero-order chi connectivity index (χ0) is 12.4. The molecule has 0 amide bonds. The molecule has 2 heterocycles. The molecule has 0 fully saturated rings. The lowest BCUT2D eigenvalue weighted by Crippen LogP contribution is -2.09. The van der Waals surface area contributed by atoms with E-state index in [1.165, 1.54) is 0 Å². The molecular weight excluding hydrogens is 220 g/mol. The molecule has 0 saturated heterocycles. The van der Waals surface area contributed by atoms with Crippen LogP contribution in [0.5, 0.6) is 5.75 Å². The average molecular weight is 236 g/mol. The summed E-state index contributed by atoms with van der Waals surface area (Å²) < 4.78 is 8.58. The van der Waals surface area contributed by atoms with Crippen molar-refractivity contribution in [2.75, 3.05) is 7.11 Å². The Labute approximate surface area is 99.4 Å². The van der Waals surface area contributed by atoms with Crippen LogP contribution in [0.3, 0.4) is 0 Å². The quantitative estimate of drug-likeness (QED) is 0.849. The predicted molar refractivity (Wildman–Crippen MR) is 61.7 cm³/mol. The minimum atomic E-state index is -0.777. The number of methoxy groups -OCH3 is 1. The molecule has 0 saturated carbocycles. The molecule has 1 atom stereocenters. The van der Waals surface area contributed by atoms with Crippen LogP contribution in [-0.4, -0.2) is 31.8 Å². The Kier molecular flexibility index (Phi) is 3.14. The maximum atomic E-state index is 10.3. The van der Waals surface area contributed by atoms with Crippen molar-refractivity contribution in [3.8, 4) is 5.75 Å². The van der Waals surface area contributed by atoms with E-state index in [2.05, 4.69) is 10.2 Å². The van der Waals surface area contributed by atoms with Gasteiger partial charge in [-0.3, -0.25) is 9.36 Å².